The van der Waals surface area contributed by atoms with E-state index in [0.29, 0.717) is 50.0 Å². The fourth-order valence-electron chi connectivity index (χ4n) is 9.41. The smallest absolute Gasteiger partial charge is 0.265 e. The van der Waals surface area contributed by atoms with E-state index in [9.17, 15) is 33.1 Å². The number of fused-ring (bicyclic) bond motifs is 4. The van der Waals surface area contributed by atoms with Crippen LogP contribution in [0.15, 0.2) is 146 Å². The second-order valence-electron chi connectivity index (χ2n) is 17.8. The molecule has 4 heterocycles. The molecule has 378 valence electrons. The van der Waals surface area contributed by atoms with Crippen molar-refractivity contribution in [3.8, 4) is 23.0 Å². The van der Waals surface area contributed by atoms with Crippen molar-refractivity contribution in [1.29, 1.82) is 0 Å². The molecule has 0 bridgehead atoms. The number of hydrogen-bond donors (Lipinski definition) is 1. The third-order valence-electron chi connectivity index (χ3n) is 13.4. The van der Waals surface area contributed by atoms with E-state index < -0.39 is 35.5 Å². The quantitative estimate of drug-likeness (QED) is 0.0874. The van der Waals surface area contributed by atoms with Crippen LogP contribution < -0.4 is 14.2 Å². The topological polar surface area (TPSA) is 148 Å². The van der Waals surface area contributed by atoms with Gasteiger partial charge in [0.1, 0.15) is 40.3 Å². The number of hydrogen-bond acceptors (Lipinski definition) is 10. The number of nitrogens with zero attached hydrogens (tertiary/aromatic N) is 4. The van der Waals surface area contributed by atoms with Gasteiger partial charge in [-0.05, 0) is 70.8 Å². The number of carbonyl (C=O) groups is 4. The van der Waals surface area contributed by atoms with Crippen molar-refractivity contribution < 1.29 is 47.3 Å². The number of rotatable bonds is 13. The molecule has 6 aromatic carbocycles. The van der Waals surface area contributed by atoms with Crippen LogP contribution >= 0.6 is 0 Å². The molecule has 15 heteroatoms. The number of carbonyl (C=O) groups excluding carboxylic acids is 4. The number of phenols is 1. The maximum Gasteiger partial charge on any atom is 0.265 e. The van der Waals surface area contributed by atoms with Gasteiger partial charge in [0.05, 0.1) is 51.3 Å². The van der Waals surface area contributed by atoms with Crippen LogP contribution in [-0.4, -0.2) is 71.5 Å². The van der Waals surface area contributed by atoms with Gasteiger partial charge in [-0.25, -0.2) is 8.78 Å². The predicted molar refractivity (Wildman–Crippen MR) is 282 cm³/mol. The van der Waals surface area contributed by atoms with Gasteiger partial charge in [0, 0.05) is 43.1 Å². The summed E-state index contributed by atoms with van der Waals surface area (Å²) in [6.45, 7) is 6.96. The van der Waals surface area contributed by atoms with Crippen LogP contribution in [0.3, 0.4) is 0 Å². The van der Waals surface area contributed by atoms with E-state index in [1.807, 2.05) is 66.7 Å². The number of ether oxygens (including phenoxy) is 3. The van der Waals surface area contributed by atoms with E-state index in [2.05, 4.69) is 30.7 Å². The van der Waals surface area contributed by atoms with E-state index in [-0.39, 0.29) is 68.8 Å². The molecule has 0 aliphatic carbocycles. The summed E-state index contributed by atoms with van der Waals surface area (Å²) in [6, 6.07) is 42.2. The van der Waals surface area contributed by atoms with Crippen molar-refractivity contribution in [2.45, 2.75) is 70.9 Å². The predicted octanol–water partition coefficient (Wildman–Crippen LogP) is 11.4. The average molecular weight is 1020 g/mol. The van der Waals surface area contributed by atoms with Gasteiger partial charge in [0.2, 0.25) is 11.8 Å². The second kappa shape index (κ2) is 23.5. The van der Waals surface area contributed by atoms with E-state index in [1.54, 1.807) is 36.5 Å². The van der Waals surface area contributed by atoms with Gasteiger partial charge in [0.25, 0.3) is 11.8 Å². The van der Waals surface area contributed by atoms with Crippen LogP contribution in [0.2, 0.25) is 18.1 Å². The second-order valence-corrected chi connectivity index (χ2v) is 22.0. The van der Waals surface area contributed by atoms with Crippen LogP contribution in [-0.2, 0) is 35.5 Å². The van der Waals surface area contributed by atoms with Gasteiger partial charge >= 0.3 is 0 Å². The molecule has 12 nitrogen and oxygen atoms in total. The number of phenolic OH excluding ortho intramolecular Hbond substituents is 1. The molecule has 0 unspecified atom stereocenters. The van der Waals surface area contributed by atoms with Crippen LogP contribution in [0.5, 0.6) is 23.0 Å². The Morgan fingerprint density at radius 1 is 0.554 bits per heavy atom. The fourth-order valence-corrected chi connectivity index (χ4v) is 11.1. The van der Waals surface area contributed by atoms with Crippen molar-refractivity contribution in [3.63, 3.8) is 0 Å². The molecule has 2 aliphatic rings. The Bertz CT molecular complexity index is 3280. The lowest BCUT2D eigenvalue weighted by atomic mass is 9.92. The molecular weight excluding hydrogens is 959 g/mol. The van der Waals surface area contributed by atoms with Crippen molar-refractivity contribution in [2.75, 3.05) is 14.2 Å². The number of halogens is 2. The highest BCUT2D eigenvalue weighted by atomic mass is 28.3. The van der Waals surface area contributed by atoms with Crippen molar-refractivity contribution in [2.24, 2.45) is 0 Å². The standard InChI is InChI=1S/C33H25FN2O4.C20H15FN2O4.C6H16Si/c1-39-31-25-13-8-18-35-29(25)32(40-30(22-9-4-2-5-10-22)23-11-6-3-7-12-23)28-26(31)19-27(37)36(33(28)38)20-21-14-16-24(34)17-15-21;1-27-19-13-3-2-8-22-17(13)18(25)16-14(19)9-15(24)23(20(16)26)10-11-4-6-12(21)7-5-11;1-4-7(5-2)6-3/h2-18,30H,19-20H2,1H3;2-8,25H,9-10H2,1H3;7H,4-6H2,1-3H3. The van der Waals surface area contributed by atoms with Gasteiger partial charge in [-0.15, -0.1) is 0 Å². The lowest BCUT2D eigenvalue weighted by Gasteiger charge is -2.31. The molecular formula is C59H56F2N4O8Si. The highest BCUT2D eigenvalue weighted by Crippen LogP contribution is 2.46. The Kier molecular flexibility index (Phi) is 16.5. The van der Waals surface area contributed by atoms with Crippen molar-refractivity contribution in [3.05, 3.63) is 202 Å². The first-order valence-electron chi connectivity index (χ1n) is 24.5. The molecule has 0 atom stereocenters. The summed E-state index contributed by atoms with van der Waals surface area (Å²) >= 11 is 0. The van der Waals surface area contributed by atoms with Crippen LogP contribution in [0.25, 0.3) is 21.8 Å². The number of aromatic nitrogens is 2. The molecule has 0 radical (unpaired) electrons. The number of pyridine rings is 2. The van der Waals surface area contributed by atoms with Gasteiger partial charge in [0.15, 0.2) is 11.5 Å². The van der Waals surface area contributed by atoms with Crippen LogP contribution in [0.4, 0.5) is 8.78 Å². The number of amides is 4. The molecule has 0 fully saturated rings. The van der Waals surface area contributed by atoms with E-state index >= 15 is 0 Å². The Hall–Kier alpha value is -8.30. The van der Waals surface area contributed by atoms with E-state index in [0.717, 1.165) is 16.0 Å². The molecule has 8 aromatic rings. The Labute approximate surface area is 429 Å². The molecule has 1 N–H and O–H groups in total. The first-order valence-corrected chi connectivity index (χ1v) is 26.9. The highest BCUT2D eigenvalue weighted by molar-refractivity contribution is 6.58. The third-order valence-corrected chi connectivity index (χ3v) is 16.9. The van der Waals surface area contributed by atoms with Crippen molar-refractivity contribution in [1.82, 2.24) is 19.8 Å². The summed E-state index contributed by atoms with van der Waals surface area (Å²) in [5.74, 6) is -1.95. The average Bonchev–Trinajstić information content (AvgIpc) is 3.42. The normalized spacial score (nSPS) is 13.0. The minimum atomic E-state index is -0.631. The molecule has 0 saturated heterocycles. The number of methoxy groups -OCH3 is 2. The van der Waals surface area contributed by atoms with E-state index in [1.165, 1.54) is 79.8 Å². The molecule has 2 aromatic heterocycles. The zero-order valence-electron chi connectivity index (χ0n) is 41.8. The number of benzene rings is 6. The summed E-state index contributed by atoms with van der Waals surface area (Å²) in [7, 11) is 2.79. The van der Waals surface area contributed by atoms with Gasteiger partial charge in [-0.2, -0.15) is 0 Å². The van der Waals surface area contributed by atoms with Crippen LogP contribution in [0, 0.1) is 11.6 Å². The summed E-state index contributed by atoms with van der Waals surface area (Å²) in [6.07, 6.45) is 2.43. The first-order chi connectivity index (χ1) is 35.9. The minimum absolute atomic E-state index is 0.000195. The largest absolute Gasteiger partial charge is 0.505 e. The minimum Gasteiger partial charge on any atom is -0.505 e. The molecule has 0 saturated carbocycles. The molecule has 74 heavy (non-hydrogen) atoms. The van der Waals surface area contributed by atoms with Gasteiger partial charge in [-0.1, -0.05) is 124 Å². The SMILES string of the molecule is CC[SiH](CC)CC.COc1c2c(c(O)c3ncccc13)C(=O)N(Cc1ccc(F)cc1)C(=O)C2.COc1c2c(c(OC(c3ccccc3)c3ccccc3)c3ncccc13)C(=O)N(Cc1ccc(F)cc1)C(=O)C2. The number of imide groups is 2. The van der Waals surface area contributed by atoms with Crippen LogP contribution in [0.1, 0.15) is 81.0 Å². The van der Waals surface area contributed by atoms with E-state index in [4.69, 9.17) is 14.2 Å². The maximum absolute atomic E-state index is 14.2. The highest BCUT2D eigenvalue weighted by Gasteiger charge is 2.40. The lowest BCUT2D eigenvalue weighted by molar-refractivity contribution is -0.129. The zero-order chi connectivity index (χ0) is 52.5. The zero-order valence-corrected chi connectivity index (χ0v) is 43.0. The summed E-state index contributed by atoms with van der Waals surface area (Å²) < 4.78 is 44.6. The van der Waals surface area contributed by atoms with Crippen molar-refractivity contribution >= 4 is 54.2 Å². The Morgan fingerprint density at radius 2 is 0.973 bits per heavy atom. The molecule has 4 amide bonds. The molecule has 2 aliphatic heterocycles. The van der Waals surface area contributed by atoms with Gasteiger partial charge in [-0.3, -0.25) is 38.9 Å². The lowest BCUT2D eigenvalue weighted by Crippen LogP contribution is -2.42. The fraction of sp³-hybridized carbons (Fsp3) is 0.220. The monoisotopic (exact) mass is 1010 g/mol. The molecule has 10 rings (SSSR count). The third kappa shape index (κ3) is 10.9. The summed E-state index contributed by atoms with van der Waals surface area (Å²) in [4.78, 5) is 64.1. The summed E-state index contributed by atoms with van der Waals surface area (Å²) in [5.41, 5.74) is 4.77. The molecule has 0 spiro atoms. The Balaban J connectivity index is 0.000000185. The maximum atomic E-state index is 14.2. The first kappa shape index (κ1) is 52.0. The van der Waals surface area contributed by atoms with Gasteiger partial charge < -0.3 is 19.3 Å². The number of aromatic hydroxyl groups is 1. The Morgan fingerprint density at radius 3 is 1.41 bits per heavy atom. The summed E-state index contributed by atoms with van der Waals surface area (Å²) in [5, 5.41) is 11.8.